The average molecular weight is 208 g/mol. The maximum Gasteiger partial charge on any atom is 0.253 e. The molecule has 0 aliphatic carbocycles. The summed E-state index contributed by atoms with van der Waals surface area (Å²) in [5, 5.41) is 2.25. The van der Waals surface area contributed by atoms with Crippen molar-refractivity contribution in [3.8, 4) is 0 Å². The van der Waals surface area contributed by atoms with Gasteiger partial charge < -0.3 is 5.32 Å². The van der Waals surface area contributed by atoms with Gasteiger partial charge in [0.2, 0.25) is 11.6 Å². The molecule has 0 unspecified atom stereocenters. The molecule has 0 saturated heterocycles. The van der Waals surface area contributed by atoms with E-state index in [1.54, 1.807) is 13.8 Å². The Hall–Kier alpha value is -1.33. The number of hydrogen-bond donors (Lipinski definition) is 1. The van der Waals surface area contributed by atoms with Crippen LogP contribution in [-0.4, -0.2) is 11.0 Å². The summed E-state index contributed by atoms with van der Waals surface area (Å²) in [4.78, 5) is 2.42. The first-order valence-corrected chi connectivity index (χ1v) is 3.90. The van der Waals surface area contributed by atoms with Gasteiger partial charge in [0, 0.05) is 6.04 Å². The molecule has 2 nitrogen and oxygen atoms in total. The second-order valence-corrected chi connectivity index (χ2v) is 3.00. The molecule has 0 aromatic carbocycles. The van der Waals surface area contributed by atoms with E-state index in [0.717, 1.165) is 0 Å². The van der Waals surface area contributed by atoms with E-state index in [-0.39, 0.29) is 6.04 Å². The highest BCUT2D eigenvalue weighted by Crippen LogP contribution is 2.22. The number of aromatic nitrogens is 1. The molecule has 0 saturated carbocycles. The summed E-state index contributed by atoms with van der Waals surface area (Å²) in [5.41, 5.74) is -0.829. The van der Waals surface area contributed by atoms with Gasteiger partial charge in [-0.3, -0.25) is 0 Å². The van der Waals surface area contributed by atoms with Crippen molar-refractivity contribution in [3.63, 3.8) is 0 Å². The number of hydrogen-bond acceptors (Lipinski definition) is 2. The van der Waals surface area contributed by atoms with E-state index >= 15 is 0 Å². The van der Waals surface area contributed by atoms with Crippen LogP contribution in [0.4, 0.5) is 23.2 Å². The van der Waals surface area contributed by atoms with Gasteiger partial charge >= 0.3 is 0 Å². The van der Waals surface area contributed by atoms with Gasteiger partial charge in [-0.1, -0.05) is 0 Å². The molecule has 78 valence electrons. The fourth-order valence-electron chi connectivity index (χ4n) is 0.902. The van der Waals surface area contributed by atoms with Crippen LogP contribution < -0.4 is 5.32 Å². The van der Waals surface area contributed by atoms with E-state index in [9.17, 15) is 17.6 Å². The maximum atomic E-state index is 12.9. The zero-order valence-electron chi connectivity index (χ0n) is 7.54. The largest absolute Gasteiger partial charge is 0.378 e. The van der Waals surface area contributed by atoms with Crippen molar-refractivity contribution >= 4 is 5.69 Å². The first-order valence-electron chi connectivity index (χ1n) is 3.90. The van der Waals surface area contributed by atoms with E-state index in [1.165, 1.54) is 0 Å². The smallest absolute Gasteiger partial charge is 0.253 e. The summed E-state index contributed by atoms with van der Waals surface area (Å²) >= 11 is 0. The lowest BCUT2D eigenvalue weighted by Crippen LogP contribution is -2.15. The van der Waals surface area contributed by atoms with E-state index < -0.39 is 29.2 Å². The molecule has 0 aliphatic heterocycles. The zero-order chi connectivity index (χ0) is 10.9. The molecule has 1 aromatic heterocycles. The third-order valence-corrected chi connectivity index (χ3v) is 1.43. The van der Waals surface area contributed by atoms with Gasteiger partial charge in [0.05, 0.1) is 0 Å². The van der Waals surface area contributed by atoms with Crippen LogP contribution in [0.5, 0.6) is 0 Å². The number of anilines is 1. The number of nitrogens with zero attached hydrogens (tertiary/aromatic N) is 1. The molecule has 6 heteroatoms. The monoisotopic (exact) mass is 208 g/mol. The molecule has 0 bridgehead atoms. The van der Waals surface area contributed by atoms with Crippen molar-refractivity contribution < 1.29 is 17.6 Å². The average Bonchev–Trinajstić information content (AvgIpc) is 2.09. The molecule has 0 radical (unpaired) electrons. The Balaban J connectivity index is 3.25. The summed E-state index contributed by atoms with van der Waals surface area (Å²) in [6.45, 7) is 3.16. The summed E-state index contributed by atoms with van der Waals surface area (Å²) in [5.74, 6) is -6.35. The van der Waals surface area contributed by atoms with Crippen molar-refractivity contribution in [3.05, 3.63) is 23.5 Å². The molecule has 1 N–H and O–H groups in total. The molecule has 1 rings (SSSR count). The molecule has 1 aromatic rings. The number of nitrogens with one attached hydrogen (secondary N) is 1. The lowest BCUT2D eigenvalue weighted by molar-refractivity contribution is 0.410. The highest BCUT2D eigenvalue weighted by Gasteiger charge is 2.20. The third-order valence-electron chi connectivity index (χ3n) is 1.43. The Labute approximate surface area is 78.0 Å². The fraction of sp³-hybridized carbons (Fsp3) is 0.375. The molecule has 0 amide bonds. The second-order valence-electron chi connectivity index (χ2n) is 3.00. The quantitative estimate of drug-likeness (QED) is 0.596. The van der Waals surface area contributed by atoms with Crippen LogP contribution in [0, 0.1) is 23.5 Å². The Morgan fingerprint density at radius 1 is 1.00 bits per heavy atom. The van der Waals surface area contributed by atoms with Crippen molar-refractivity contribution in [2.75, 3.05) is 5.32 Å². The van der Waals surface area contributed by atoms with Gasteiger partial charge in [0.15, 0.2) is 0 Å². The van der Waals surface area contributed by atoms with Gasteiger partial charge in [-0.25, -0.2) is 0 Å². The minimum absolute atomic E-state index is 0.347. The third kappa shape index (κ3) is 1.94. The van der Waals surface area contributed by atoms with E-state index in [0.29, 0.717) is 0 Å². The van der Waals surface area contributed by atoms with Crippen LogP contribution in [0.2, 0.25) is 0 Å². The Morgan fingerprint density at radius 3 is 1.79 bits per heavy atom. The van der Waals surface area contributed by atoms with Crippen LogP contribution in [0.15, 0.2) is 0 Å². The molecule has 0 atom stereocenters. The van der Waals surface area contributed by atoms with Crippen LogP contribution >= 0.6 is 0 Å². The molecule has 0 fully saturated rings. The summed E-state index contributed by atoms with van der Waals surface area (Å²) in [6.07, 6.45) is 0. The molecular weight excluding hydrogens is 200 g/mol. The minimum Gasteiger partial charge on any atom is -0.378 e. The topological polar surface area (TPSA) is 24.9 Å². The van der Waals surface area contributed by atoms with Crippen LogP contribution in [-0.2, 0) is 0 Å². The number of pyridine rings is 1. The molecule has 0 spiro atoms. The molecule has 0 aliphatic rings. The van der Waals surface area contributed by atoms with Crippen LogP contribution in [0.25, 0.3) is 0 Å². The highest BCUT2D eigenvalue weighted by molar-refractivity contribution is 5.45. The summed E-state index contributed by atoms with van der Waals surface area (Å²) in [7, 11) is 0. The standard InChI is InChI=1S/C8H8F4N2/c1-3(2)13-6-4(9)7(11)14-8(12)5(6)10/h3H,1-2H3,(H,13,14). The summed E-state index contributed by atoms with van der Waals surface area (Å²) in [6, 6.07) is -0.347. The fourth-order valence-corrected chi connectivity index (χ4v) is 0.902. The van der Waals surface area contributed by atoms with Crippen molar-refractivity contribution in [2.45, 2.75) is 19.9 Å². The van der Waals surface area contributed by atoms with E-state index in [1.807, 2.05) is 0 Å². The SMILES string of the molecule is CC(C)Nc1c(F)c(F)nc(F)c1F. The first kappa shape index (κ1) is 10.7. The Kier molecular flexibility index (Phi) is 2.93. The second kappa shape index (κ2) is 3.81. The van der Waals surface area contributed by atoms with Crippen molar-refractivity contribution in [2.24, 2.45) is 0 Å². The maximum absolute atomic E-state index is 12.9. The molecule has 1 heterocycles. The Bertz CT molecular complexity index is 325. The minimum atomic E-state index is -1.66. The van der Waals surface area contributed by atoms with Gasteiger partial charge in [-0.05, 0) is 13.8 Å². The summed E-state index contributed by atoms with van der Waals surface area (Å²) < 4.78 is 50.9. The molecule has 14 heavy (non-hydrogen) atoms. The van der Waals surface area contributed by atoms with Crippen LogP contribution in [0.1, 0.15) is 13.8 Å². The lowest BCUT2D eigenvalue weighted by atomic mass is 10.3. The lowest BCUT2D eigenvalue weighted by Gasteiger charge is -2.11. The van der Waals surface area contributed by atoms with Gasteiger partial charge in [-0.15, -0.1) is 0 Å². The zero-order valence-corrected chi connectivity index (χ0v) is 7.54. The van der Waals surface area contributed by atoms with Gasteiger partial charge in [0.1, 0.15) is 5.69 Å². The normalized spacial score (nSPS) is 10.8. The van der Waals surface area contributed by atoms with Crippen molar-refractivity contribution in [1.29, 1.82) is 0 Å². The first-order chi connectivity index (χ1) is 6.43. The van der Waals surface area contributed by atoms with E-state index in [4.69, 9.17) is 0 Å². The Morgan fingerprint density at radius 2 is 1.43 bits per heavy atom. The van der Waals surface area contributed by atoms with Gasteiger partial charge in [0.25, 0.3) is 11.9 Å². The molecular formula is C8H8F4N2. The van der Waals surface area contributed by atoms with E-state index in [2.05, 4.69) is 10.3 Å². The van der Waals surface area contributed by atoms with Crippen LogP contribution in [0.3, 0.4) is 0 Å². The predicted molar refractivity (Wildman–Crippen MR) is 42.8 cm³/mol. The number of rotatable bonds is 2. The predicted octanol–water partition coefficient (Wildman–Crippen LogP) is 2.46. The number of halogens is 4. The highest BCUT2D eigenvalue weighted by atomic mass is 19.2. The van der Waals surface area contributed by atoms with Crippen molar-refractivity contribution in [1.82, 2.24) is 4.98 Å². The van der Waals surface area contributed by atoms with Gasteiger partial charge in [-0.2, -0.15) is 22.5 Å².